The molecule has 4 heteroatoms. The Balaban J connectivity index is 2.37. The molecule has 0 aliphatic carbocycles. The molecule has 0 spiro atoms. The van der Waals surface area contributed by atoms with Gasteiger partial charge in [-0.2, -0.15) is 11.8 Å². The Morgan fingerprint density at radius 1 is 1.47 bits per heavy atom. The Kier molecular flexibility index (Phi) is 7.16. The third kappa shape index (κ3) is 5.40. The molecule has 0 aliphatic heterocycles. The van der Waals surface area contributed by atoms with Gasteiger partial charge < -0.3 is 5.32 Å². The monoisotopic (exact) mass is 319 g/mol. The van der Waals surface area contributed by atoms with Crippen molar-refractivity contribution < 1.29 is 4.39 Å². The van der Waals surface area contributed by atoms with E-state index in [0.29, 0.717) is 17.1 Å². The molecule has 1 rings (SSSR count). The van der Waals surface area contributed by atoms with Gasteiger partial charge in [-0.1, -0.05) is 19.1 Å². The molecule has 0 aliphatic rings. The van der Waals surface area contributed by atoms with E-state index in [2.05, 4.69) is 35.1 Å². The number of thioether (sulfide) groups is 1. The van der Waals surface area contributed by atoms with Crippen LogP contribution in [0.3, 0.4) is 0 Å². The van der Waals surface area contributed by atoms with Gasteiger partial charge in [0.15, 0.2) is 0 Å². The summed E-state index contributed by atoms with van der Waals surface area (Å²) >= 11 is 5.23. The Bertz CT molecular complexity index is 346. The van der Waals surface area contributed by atoms with Crippen LogP contribution in [-0.2, 0) is 6.54 Å². The zero-order valence-electron chi connectivity index (χ0n) is 10.3. The molecule has 1 unspecified atom stereocenters. The lowest BCUT2D eigenvalue weighted by Gasteiger charge is -2.14. The van der Waals surface area contributed by atoms with Gasteiger partial charge in [0.2, 0.25) is 0 Å². The molecule has 1 nitrogen and oxygen atoms in total. The van der Waals surface area contributed by atoms with E-state index in [-0.39, 0.29) is 5.82 Å². The zero-order chi connectivity index (χ0) is 12.7. The topological polar surface area (TPSA) is 12.0 Å². The van der Waals surface area contributed by atoms with Crippen molar-refractivity contribution >= 4 is 27.7 Å². The number of nitrogens with one attached hydrogen (secondary N) is 1. The van der Waals surface area contributed by atoms with E-state index < -0.39 is 0 Å². The van der Waals surface area contributed by atoms with Crippen molar-refractivity contribution in [2.45, 2.75) is 32.9 Å². The highest BCUT2D eigenvalue weighted by atomic mass is 79.9. The molecule has 17 heavy (non-hydrogen) atoms. The molecule has 0 saturated heterocycles. The quantitative estimate of drug-likeness (QED) is 0.755. The van der Waals surface area contributed by atoms with Crippen LogP contribution in [0.2, 0.25) is 0 Å². The van der Waals surface area contributed by atoms with Gasteiger partial charge in [-0.15, -0.1) is 0 Å². The van der Waals surface area contributed by atoms with Crippen molar-refractivity contribution in [3.8, 4) is 0 Å². The van der Waals surface area contributed by atoms with Gasteiger partial charge in [0.05, 0.1) is 4.47 Å². The third-order valence-electron chi connectivity index (χ3n) is 2.57. The fourth-order valence-corrected chi connectivity index (χ4v) is 2.69. The number of halogens is 2. The van der Waals surface area contributed by atoms with Gasteiger partial charge in [-0.05, 0) is 52.4 Å². The smallest absolute Gasteiger partial charge is 0.137 e. The van der Waals surface area contributed by atoms with E-state index in [0.717, 1.165) is 12.0 Å². The molecule has 0 saturated carbocycles. The predicted molar refractivity (Wildman–Crippen MR) is 78.0 cm³/mol. The summed E-state index contributed by atoms with van der Waals surface area (Å²) < 4.78 is 13.8. The molecular weight excluding hydrogens is 301 g/mol. The van der Waals surface area contributed by atoms with Crippen molar-refractivity contribution in [3.63, 3.8) is 0 Å². The lowest BCUT2D eigenvalue weighted by Crippen LogP contribution is -2.26. The standard InChI is InChI=1S/C13H19BrFNS/c1-3-17-8-7-10(2)16-9-11-5-4-6-12(15)13(11)14/h4-6,10,16H,3,7-9H2,1-2H3. The Morgan fingerprint density at radius 2 is 2.24 bits per heavy atom. The van der Waals surface area contributed by atoms with E-state index in [1.165, 1.54) is 17.6 Å². The lowest BCUT2D eigenvalue weighted by atomic mass is 10.2. The third-order valence-corrected chi connectivity index (χ3v) is 4.39. The Labute approximate surface area is 116 Å². The number of rotatable bonds is 7. The van der Waals surface area contributed by atoms with Crippen molar-refractivity contribution in [1.29, 1.82) is 0 Å². The van der Waals surface area contributed by atoms with Crippen LogP contribution in [0.1, 0.15) is 25.8 Å². The van der Waals surface area contributed by atoms with E-state index in [4.69, 9.17) is 0 Å². The molecule has 0 amide bonds. The minimum absolute atomic E-state index is 0.196. The summed E-state index contributed by atoms with van der Waals surface area (Å²) in [7, 11) is 0. The van der Waals surface area contributed by atoms with Gasteiger partial charge >= 0.3 is 0 Å². The first kappa shape index (κ1) is 15.0. The van der Waals surface area contributed by atoms with Gasteiger partial charge in [0, 0.05) is 12.6 Å². The SMILES string of the molecule is CCSCCC(C)NCc1cccc(F)c1Br. The molecule has 1 N–H and O–H groups in total. The highest BCUT2D eigenvalue weighted by Crippen LogP contribution is 2.20. The van der Waals surface area contributed by atoms with Crippen LogP contribution in [0, 0.1) is 5.82 Å². The van der Waals surface area contributed by atoms with Crippen LogP contribution in [0.5, 0.6) is 0 Å². The van der Waals surface area contributed by atoms with Crippen LogP contribution in [0.25, 0.3) is 0 Å². The largest absolute Gasteiger partial charge is 0.310 e. The maximum Gasteiger partial charge on any atom is 0.137 e. The second kappa shape index (κ2) is 8.11. The molecule has 0 fully saturated rings. The Hall–Kier alpha value is -0.0600. The summed E-state index contributed by atoms with van der Waals surface area (Å²) in [6.07, 6.45) is 1.14. The minimum atomic E-state index is -0.196. The maximum atomic E-state index is 13.3. The molecule has 96 valence electrons. The fourth-order valence-electron chi connectivity index (χ4n) is 1.48. The average molecular weight is 320 g/mol. The molecule has 0 bridgehead atoms. The predicted octanol–water partition coefficient (Wildman–Crippen LogP) is 4.21. The Morgan fingerprint density at radius 3 is 2.94 bits per heavy atom. The van der Waals surface area contributed by atoms with Crippen molar-refractivity contribution in [3.05, 3.63) is 34.1 Å². The van der Waals surface area contributed by atoms with Gasteiger partial charge in [-0.25, -0.2) is 4.39 Å². The normalized spacial score (nSPS) is 12.7. The number of benzene rings is 1. The summed E-state index contributed by atoms with van der Waals surface area (Å²) in [5, 5.41) is 3.42. The zero-order valence-corrected chi connectivity index (χ0v) is 12.7. The first-order chi connectivity index (χ1) is 8.15. The molecule has 1 aromatic rings. The van der Waals surface area contributed by atoms with Crippen LogP contribution in [0.4, 0.5) is 4.39 Å². The molecular formula is C13H19BrFNS. The maximum absolute atomic E-state index is 13.3. The summed E-state index contributed by atoms with van der Waals surface area (Å²) in [6, 6.07) is 5.61. The van der Waals surface area contributed by atoms with Crippen LogP contribution >= 0.6 is 27.7 Å². The van der Waals surface area contributed by atoms with E-state index in [1.54, 1.807) is 6.07 Å². The summed E-state index contributed by atoms with van der Waals surface area (Å²) in [5.41, 5.74) is 0.972. The first-order valence-corrected chi connectivity index (χ1v) is 7.84. The van der Waals surface area contributed by atoms with Crippen LogP contribution < -0.4 is 5.32 Å². The average Bonchev–Trinajstić information content (AvgIpc) is 2.31. The van der Waals surface area contributed by atoms with E-state index >= 15 is 0 Å². The highest BCUT2D eigenvalue weighted by Gasteiger charge is 2.06. The molecule has 1 aromatic carbocycles. The second-order valence-corrected chi connectivity index (χ2v) is 6.17. The number of hydrogen-bond acceptors (Lipinski definition) is 2. The second-order valence-electron chi connectivity index (χ2n) is 3.98. The fraction of sp³-hybridized carbons (Fsp3) is 0.538. The molecule has 0 heterocycles. The van der Waals surface area contributed by atoms with Crippen molar-refractivity contribution in [1.82, 2.24) is 5.32 Å². The summed E-state index contributed by atoms with van der Waals surface area (Å²) in [6.45, 7) is 5.05. The van der Waals surface area contributed by atoms with Gasteiger partial charge in [-0.3, -0.25) is 0 Å². The summed E-state index contributed by atoms with van der Waals surface area (Å²) in [5.74, 6) is 2.15. The van der Waals surface area contributed by atoms with Gasteiger partial charge in [0.1, 0.15) is 5.82 Å². The lowest BCUT2D eigenvalue weighted by molar-refractivity contribution is 0.533. The molecule has 0 radical (unpaired) electrons. The number of hydrogen-bond donors (Lipinski definition) is 1. The van der Waals surface area contributed by atoms with Gasteiger partial charge in [0.25, 0.3) is 0 Å². The highest BCUT2D eigenvalue weighted by molar-refractivity contribution is 9.10. The minimum Gasteiger partial charge on any atom is -0.310 e. The van der Waals surface area contributed by atoms with Crippen LogP contribution in [0.15, 0.2) is 22.7 Å². The molecule has 1 atom stereocenters. The van der Waals surface area contributed by atoms with Crippen molar-refractivity contribution in [2.24, 2.45) is 0 Å². The summed E-state index contributed by atoms with van der Waals surface area (Å²) in [4.78, 5) is 0. The van der Waals surface area contributed by atoms with Crippen LogP contribution in [-0.4, -0.2) is 17.5 Å². The van der Waals surface area contributed by atoms with E-state index in [9.17, 15) is 4.39 Å². The molecule has 0 aromatic heterocycles. The van der Waals surface area contributed by atoms with E-state index in [1.807, 2.05) is 17.8 Å². The van der Waals surface area contributed by atoms with Crippen molar-refractivity contribution in [2.75, 3.05) is 11.5 Å². The first-order valence-electron chi connectivity index (χ1n) is 5.89.